The Balaban J connectivity index is 1.61. The summed E-state index contributed by atoms with van der Waals surface area (Å²) in [7, 11) is 0. The van der Waals surface area contributed by atoms with Gasteiger partial charge in [-0.2, -0.15) is 4.98 Å². The van der Waals surface area contributed by atoms with Crippen molar-refractivity contribution in [1.29, 1.82) is 0 Å². The van der Waals surface area contributed by atoms with Crippen molar-refractivity contribution in [2.75, 3.05) is 10.6 Å². The molecule has 0 bridgehead atoms. The van der Waals surface area contributed by atoms with Crippen molar-refractivity contribution >= 4 is 52.3 Å². The van der Waals surface area contributed by atoms with Crippen LogP contribution in [0.1, 0.15) is 18.5 Å². The number of fused-ring (bicyclic) bond motifs is 1. The molecule has 34 heavy (non-hydrogen) atoms. The quantitative estimate of drug-likeness (QED) is 0.339. The maximum absolute atomic E-state index is 13.4. The molecule has 10 heteroatoms. The van der Waals surface area contributed by atoms with E-state index in [0.29, 0.717) is 49.4 Å². The molecule has 0 saturated heterocycles. The molecule has 0 spiro atoms. The summed E-state index contributed by atoms with van der Waals surface area (Å²) >= 11 is 18.6. The molecule has 3 heterocycles. The first-order chi connectivity index (χ1) is 16.4. The number of halogens is 3. The molecule has 0 saturated carbocycles. The second kappa shape index (κ2) is 9.10. The number of carbonyl (C=O) groups is 1. The highest BCUT2D eigenvalue weighted by atomic mass is 35.5. The second-order valence-electron chi connectivity index (χ2n) is 7.64. The first-order valence-corrected chi connectivity index (χ1v) is 11.4. The number of allylic oxidation sites excluding steroid dienone is 1. The summed E-state index contributed by atoms with van der Waals surface area (Å²) < 4.78 is 1.68. The Labute approximate surface area is 210 Å². The van der Waals surface area contributed by atoms with Crippen LogP contribution in [0.15, 0.2) is 78.3 Å². The van der Waals surface area contributed by atoms with Gasteiger partial charge in [0.05, 0.1) is 22.5 Å². The molecule has 5 rings (SSSR count). The highest BCUT2D eigenvalue weighted by molar-refractivity contribution is 6.36. The summed E-state index contributed by atoms with van der Waals surface area (Å²) in [6.07, 6.45) is 3.23. The third kappa shape index (κ3) is 4.25. The lowest BCUT2D eigenvalue weighted by Gasteiger charge is -2.28. The van der Waals surface area contributed by atoms with E-state index in [-0.39, 0.29) is 5.91 Å². The van der Waals surface area contributed by atoms with Crippen molar-refractivity contribution in [3.8, 4) is 11.4 Å². The van der Waals surface area contributed by atoms with E-state index >= 15 is 0 Å². The van der Waals surface area contributed by atoms with Crippen LogP contribution in [0, 0.1) is 0 Å². The molecule has 1 amide bonds. The van der Waals surface area contributed by atoms with Gasteiger partial charge in [-0.1, -0.05) is 46.9 Å². The van der Waals surface area contributed by atoms with Crippen molar-refractivity contribution in [2.45, 2.75) is 13.0 Å². The van der Waals surface area contributed by atoms with Gasteiger partial charge in [-0.25, -0.2) is 4.68 Å². The lowest BCUT2D eigenvalue weighted by Crippen LogP contribution is -2.31. The fourth-order valence-corrected chi connectivity index (χ4v) is 4.44. The van der Waals surface area contributed by atoms with Crippen molar-refractivity contribution < 1.29 is 4.79 Å². The molecular formula is C24H17Cl3N6O. The number of nitrogens with one attached hydrogen (secondary N) is 2. The lowest BCUT2D eigenvalue weighted by molar-refractivity contribution is -0.113. The molecule has 7 nitrogen and oxygen atoms in total. The number of hydrogen-bond acceptors (Lipinski definition) is 5. The van der Waals surface area contributed by atoms with Gasteiger partial charge in [-0.3, -0.25) is 9.78 Å². The molecule has 1 aliphatic heterocycles. The molecule has 2 aromatic heterocycles. The van der Waals surface area contributed by atoms with Gasteiger partial charge in [0.15, 0.2) is 5.82 Å². The lowest BCUT2D eigenvalue weighted by atomic mass is 9.95. The minimum absolute atomic E-state index is 0.287. The minimum atomic E-state index is -0.558. The third-order valence-electron chi connectivity index (χ3n) is 5.37. The summed E-state index contributed by atoms with van der Waals surface area (Å²) in [6.45, 7) is 1.83. The van der Waals surface area contributed by atoms with Crippen LogP contribution >= 0.6 is 34.8 Å². The first kappa shape index (κ1) is 22.4. The number of pyridine rings is 1. The van der Waals surface area contributed by atoms with Crippen LogP contribution in [0.5, 0.6) is 0 Å². The van der Waals surface area contributed by atoms with Gasteiger partial charge in [-0.15, -0.1) is 5.10 Å². The SMILES string of the molecule is CC1=C(C(=O)Nc2cccnc2)C(c2ccc(Cl)cc2)n2nc(-c3ccc(Cl)cc3Cl)nc2N1. The number of aromatic nitrogens is 4. The van der Waals surface area contributed by atoms with Crippen LogP contribution in [-0.4, -0.2) is 25.7 Å². The Bertz CT molecular complexity index is 1420. The summed E-state index contributed by atoms with van der Waals surface area (Å²) in [5.41, 5.74) is 3.16. The van der Waals surface area contributed by atoms with Gasteiger partial charge >= 0.3 is 0 Å². The summed E-state index contributed by atoms with van der Waals surface area (Å²) in [5.74, 6) is 0.603. The number of carbonyl (C=O) groups excluding carboxylic acids is 1. The molecule has 170 valence electrons. The molecule has 1 atom stereocenters. The molecule has 0 radical (unpaired) electrons. The predicted molar refractivity (Wildman–Crippen MR) is 134 cm³/mol. The highest BCUT2D eigenvalue weighted by Gasteiger charge is 2.34. The van der Waals surface area contributed by atoms with Crippen LogP contribution in [0.3, 0.4) is 0 Å². The van der Waals surface area contributed by atoms with Crippen LogP contribution < -0.4 is 10.6 Å². The summed E-state index contributed by atoms with van der Waals surface area (Å²) in [4.78, 5) is 22.2. The number of benzene rings is 2. The molecule has 2 aromatic carbocycles. The molecular weight excluding hydrogens is 495 g/mol. The minimum Gasteiger partial charge on any atom is -0.328 e. The van der Waals surface area contributed by atoms with Gasteiger partial charge in [-0.05, 0) is 55.0 Å². The Hall–Kier alpha value is -3.39. The van der Waals surface area contributed by atoms with Gasteiger partial charge in [0.1, 0.15) is 6.04 Å². The van der Waals surface area contributed by atoms with E-state index in [0.717, 1.165) is 5.56 Å². The Kier molecular flexibility index (Phi) is 6.00. The van der Waals surface area contributed by atoms with E-state index in [1.165, 1.54) is 0 Å². The van der Waals surface area contributed by atoms with E-state index in [4.69, 9.17) is 39.9 Å². The van der Waals surface area contributed by atoms with Crippen LogP contribution in [0.25, 0.3) is 11.4 Å². The maximum atomic E-state index is 13.4. The van der Waals surface area contributed by atoms with Crippen molar-refractivity contribution in [3.05, 3.63) is 98.9 Å². The van der Waals surface area contributed by atoms with Crippen LogP contribution in [0.4, 0.5) is 11.6 Å². The van der Waals surface area contributed by atoms with Crippen molar-refractivity contribution in [2.24, 2.45) is 0 Å². The largest absolute Gasteiger partial charge is 0.328 e. The highest BCUT2D eigenvalue weighted by Crippen LogP contribution is 2.38. The molecule has 2 N–H and O–H groups in total. The predicted octanol–water partition coefficient (Wildman–Crippen LogP) is 6.23. The van der Waals surface area contributed by atoms with Gasteiger partial charge in [0.25, 0.3) is 5.91 Å². The van der Waals surface area contributed by atoms with Crippen LogP contribution in [0.2, 0.25) is 15.1 Å². The monoisotopic (exact) mass is 510 g/mol. The summed E-state index contributed by atoms with van der Waals surface area (Å²) in [6, 6.07) is 15.4. The zero-order valence-electron chi connectivity index (χ0n) is 17.8. The molecule has 0 aliphatic carbocycles. The molecule has 1 unspecified atom stereocenters. The molecule has 1 aliphatic rings. The Morgan fingerprint density at radius 3 is 2.53 bits per heavy atom. The zero-order valence-corrected chi connectivity index (χ0v) is 20.0. The first-order valence-electron chi connectivity index (χ1n) is 10.3. The topological polar surface area (TPSA) is 84.7 Å². The molecule has 4 aromatic rings. The zero-order chi connectivity index (χ0) is 23.8. The summed E-state index contributed by atoms with van der Waals surface area (Å²) in [5, 5.41) is 12.4. The number of nitrogens with zero attached hydrogens (tertiary/aromatic N) is 4. The average molecular weight is 512 g/mol. The standard InChI is InChI=1S/C24H17Cl3N6O/c1-13-20(23(34)30-17-3-2-10-28-12-17)21(14-4-6-15(25)7-5-14)33-24(29-13)31-22(32-33)18-9-8-16(26)11-19(18)27/h2-12,21H,1H3,(H,30,34)(H,29,31,32). The fraction of sp³-hybridized carbons (Fsp3) is 0.0833. The number of amides is 1. The van der Waals surface area contributed by atoms with E-state index in [1.54, 1.807) is 59.5 Å². The van der Waals surface area contributed by atoms with E-state index in [9.17, 15) is 4.79 Å². The average Bonchev–Trinajstić information content (AvgIpc) is 3.22. The van der Waals surface area contributed by atoms with E-state index in [2.05, 4.69) is 20.6 Å². The van der Waals surface area contributed by atoms with E-state index in [1.807, 2.05) is 19.1 Å². The van der Waals surface area contributed by atoms with Gasteiger partial charge < -0.3 is 10.6 Å². The maximum Gasteiger partial charge on any atom is 0.255 e. The van der Waals surface area contributed by atoms with Crippen molar-refractivity contribution in [1.82, 2.24) is 19.7 Å². The van der Waals surface area contributed by atoms with Crippen LogP contribution in [-0.2, 0) is 4.79 Å². The normalized spacial score (nSPS) is 15.0. The Morgan fingerprint density at radius 1 is 1.06 bits per heavy atom. The number of rotatable bonds is 4. The van der Waals surface area contributed by atoms with E-state index < -0.39 is 6.04 Å². The number of anilines is 2. The fourth-order valence-electron chi connectivity index (χ4n) is 3.82. The second-order valence-corrected chi connectivity index (χ2v) is 8.92. The number of hydrogen-bond donors (Lipinski definition) is 2. The smallest absolute Gasteiger partial charge is 0.255 e. The van der Waals surface area contributed by atoms with Gasteiger partial charge in [0, 0.05) is 27.5 Å². The van der Waals surface area contributed by atoms with Gasteiger partial charge in [0.2, 0.25) is 5.95 Å². The van der Waals surface area contributed by atoms with Crippen molar-refractivity contribution in [3.63, 3.8) is 0 Å². The Morgan fingerprint density at radius 2 is 1.82 bits per heavy atom. The molecule has 0 fully saturated rings. The third-order valence-corrected chi connectivity index (χ3v) is 6.17.